The lowest BCUT2D eigenvalue weighted by Crippen LogP contribution is -2.23. The highest BCUT2D eigenvalue weighted by Crippen LogP contribution is 2.27. The lowest BCUT2D eigenvalue weighted by atomic mass is 10.0. The highest BCUT2D eigenvalue weighted by Gasteiger charge is 2.48. The fraction of sp³-hybridized carbons (Fsp3) is 0.955. The summed E-state index contributed by atoms with van der Waals surface area (Å²) in [6.45, 7) is 5.15. The van der Waals surface area contributed by atoms with Gasteiger partial charge >= 0.3 is 5.97 Å². The van der Waals surface area contributed by atoms with Crippen molar-refractivity contribution < 1.29 is 14.3 Å². The molecule has 1 aliphatic heterocycles. The first-order valence-corrected chi connectivity index (χ1v) is 11.0. The first-order chi connectivity index (χ1) is 12.2. The predicted molar refractivity (Wildman–Crippen MR) is 105 cm³/mol. The van der Waals surface area contributed by atoms with Crippen LogP contribution in [0.2, 0.25) is 0 Å². The van der Waals surface area contributed by atoms with Crippen LogP contribution in [0, 0.1) is 0 Å². The Morgan fingerprint density at radius 1 is 0.760 bits per heavy atom. The van der Waals surface area contributed by atoms with Gasteiger partial charge in [-0.2, -0.15) is 0 Å². The number of hydrogen-bond donors (Lipinski definition) is 0. The SMILES string of the molecule is CCCCCCCCCCCCCCCCCCOC(=O)C1(C)CO1. The van der Waals surface area contributed by atoms with Gasteiger partial charge in [-0.25, -0.2) is 4.79 Å². The summed E-state index contributed by atoms with van der Waals surface area (Å²) < 4.78 is 10.3. The van der Waals surface area contributed by atoms with E-state index < -0.39 is 5.60 Å². The molecule has 0 saturated carbocycles. The summed E-state index contributed by atoms with van der Waals surface area (Å²) in [7, 11) is 0. The zero-order chi connectivity index (χ0) is 18.2. The van der Waals surface area contributed by atoms with E-state index >= 15 is 0 Å². The van der Waals surface area contributed by atoms with E-state index in [0.29, 0.717) is 13.2 Å². The molecule has 1 aliphatic rings. The van der Waals surface area contributed by atoms with Gasteiger partial charge in [-0.05, 0) is 13.3 Å². The van der Waals surface area contributed by atoms with Crippen LogP contribution in [0.15, 0.2) is 0 Å². The molecule has 148 valence electrons. The van der Waals surface area contributed by atoms with Gasteiger partial charge in [0, 0.05) is 0 Å². The summed E-state index contributed by atoms with van der Waals surface area (Å²) in [5.41, 5.74) is -0.616. The molecular weight excluding hydrogens is 312 g/mol. The largest absolute Gasteiger partial charge is 0.463 e. The van der Waals surface area contributed by atoms with E-state index in [9.17, 15) is 4.79 Å². The van der Waals surface area contributed by atoms with Gasteiger partial charge in [0.2, 0.25) is 0 Å². The van der Waals surface area contributed by atoms with Gasteiger partial charge in [-0.15, -0.1) is 0 Å². The van der Waals surface area contributed by atoms with E-state index in [1.165, 1.54) is 96.3 Å². The van der Waals surface area contributed by atoms with Gasteiger partial charge in [0.15, 0.2) is 5.60 Å². The van der Waals surface area contributed by atoms with Gasteiger partial charge in [0.25, 0.3) is 0 Å². The summed E-state index contributed by atoms with van der Waals surface area (Å²) in [4.78, 5) is 11.5. The normalized spacial score (nSPS) is 19.1. The maximum absolute atomic E-state index is 11.5. The Morgan fingerprint density at radius 2 is 1.12 bits per heavy atom. The van der Waals surface area contributed by atoms with Crippen molar-refractivity contribution in [2.24, 2.45) is 0 Å². The molecule has 1 atom stereocenters. The second-order valence-electron chi connectivity index (χ2n) is 7.96. The fourth-order valence-corrected chi connectivity index (χ4v) is 3.19. The molecule has 0 aromatic rings. The first-order valence-electron chi connectivity index (χ1n) is 11.0. The van der Waals surface area contributed by atoms with Crippen LogP contribution in [-0.4, -0.2) is 24.8 Å². The molecule has 0 radical (unpaired) electrons. The summed E-state index contributed by atoms with van der Waals surface area (Å²) in [5.74, 6) is -0.187. The van der Waals surface area contributed by atoms with E-state index in [2.05, 4.69) is 6.92 Å². The highest BCUT2D eigenvalue weighted by molar-refractivity contribution is 5.81. The third-order valence-corrected chi connectivity index (χ3v) is 5.24. The summed E-state index contributed by atoms with van der Waals surface area (Å²) in [6.07, 6.45) is 21.7. The molecule has 0 aromatic carbocycles. The van der Waals surface area contributed by atoms with Crippen molar-refractivity contribution in [2.45, 2.75) is 122 Å². The van der Waals surface area contributed by atoms with Crippen molar-refractivity contribution in [1.82, 2.24) is 0 Å². The first kappa shape index (κ1) is 22.5. The van der Waals surface area contributed by atoms with Crippen LogP contribution in [0.25, 0.3) is 0 Å². The number of epoxide rings is 1. The summed E-state index contributed by atoms with van der Waals surface area (Å²) in [5, 5.41) is 0. The van der Waals surface area contributed by atoms with Crippen LogP contribution >= 0.6 is 0 Å². The topological polar surface area (TPSA) is 38.8 Å². The molecule has 0 aliphatic carbocycles. The number of rotatable bonds is 18. The van der Waals surface area contributed by atoms with Gasteiger partial charge in [-0.3, -0.25) is 0 Å². The van der Waals surface area contributed by atoms with Crippen LogP contribution in [0.3, 0.4) is 0 Å². The molecule has 1 rings (SSSR count). The van der Waals surface area contributed by atoms with Crippen LogP contribution < -0.4 is 0 Å². The molecule has 3 heteroatoms. The number of carbonyl (C=O) groups is 1. The van der Waals surface area contributed by atoms with Crippen molar-refractivity contribution >= 4 is 5.97 Å². The predicted octanol–water partition coefficient (Wildman–Crippen LogP) is 6.58. The number of hydrogen-bond acceptors (Lipinski definition) is 3. The van der Waals surface area contributed by atoms with Crippen molar-refractivity contribution in [3.8, 4) is 0 Å². The van der Waals surface area contributed by atoms with Crippen LogP contribution in [0.1, 0.15) is 117 Å². The molecule has 0 N–H and O–H groups in total. The average Bonchev–Trinajstić information content (AvgIpc) is 3.36. The van der Waals surface area contributed by atoms with Crippen molar-refractivity contribution in [2.75, 3.05) is 13.2 Å². The van der Waals surface area contributed by atoms with Crippen LogP contribution in [-0.2, 0) is 14.3 Å². The number of esters is 1. The Labute approximate surface area is 156 Å². The minimum atomic E-state index is -0.616. The van der Waals surface area contributed by atoms with Crippen LogP contribution in [0.4, 0.5) is 0 Å². The average molecular weight is 355 g/mol. The lowest BCUT2D eigenvalue weighted by molar-refractivity contribution is -0.149. The molecule has 0 amide bonds. The summed E-state index contributed by atoms with van der Waals surface area (Å²) >= 11 is 0. The zero-order valence-corrected chi connectivity index (χ0v) is 17.0. The van der Waals surface area contributed by atoms with Gasteiger partial charge < -0.3 is 9.47 Å². The van der Waals surface area contributed by atoms with Gasteiger partial charge in [-0.1, -0.05) is 103 Å². The Kier molecular flexibility index (Phi) is 13.1. The summed E-state index contributed by atoms with van der Waals surface area (Å²) in [6, 6.07) is 0. The molecule has 1 fully saturated rings. The quantitative estimate of drug-likeness (QED) is 0.158. The number of ether oxygens (including phenoxy) is 2. The second-order valence-corrected chi connectivity index (χ2v) is 7.96. The van der Waals surface area contributed by atoms with E-state index in [-0.39, 0.29) is 5.97 Å². The highest BCUT2D eigenvalue weighted by atomic mass is 16.6. The van der Waals surface area contributed by atoms with E-state index in [1.54, 1.807) is 6.92 Å². The maximum atomic E-state index is 11.5. The van der Waals surface area contributed by atoms with Crippen molar-refractivity contribution in [3.63, 3.8) is 0 Å². The maximum Gasteiger partial charge on any atom is 0.340 e. The third kappa shape index (κ3) is 12.4. The molecular formula is C22H42O3. The van der Waals surface area contributed by atoms with E-state index in [4.69, 9.17) is 9.47 Å². The molecule has 0 spiro atoms. The standard InChI is InChI=1S/C22H42O3/c1-3-4-5-6-7-8-9-10-11-12-13-14-15-16-17-18-19-24-21(23)22(2)20-25-22/h3-20H2,1-2H3. The Hall–Kier alpha value is -0.570. The molecule has 3 nitrogen and oxygen atoms in total. The Balaban J connectivity index is 1.67. The molecule has 1 unspecified atom stereocenters. The molecule has 0 aromatic heterocycles. The molecule has 1 heterocycles. The Morgan fingerprint density at radius 3 is 1.48 bits per heavy atom. The zero-order valence-electron chi connectivity index (χ0n) is 17.0. The third-order valence-electron chi connectivity index (χ3n) is 5.24. The van der Waals surface area contributed by atoms with E-state index in [1.807, 2.05) is 0 Å². The number of carbonyl (C=O) groups excluding carboxylic acids is 1. The Bertz CT molecular complexity index is 323. The smallest absolute Gasteiger partial charge is 0.340 e. The number of unbranched alkanes of at least 4 members (excludes halogenated alkanes) is 15. The van der Waals surface area contributed by atoms with Gasteiger partial charge in [0.05, 0.1) is 13.2 Å². The minimum Gasteiger partial charge on any atom is -0.463 e. The van der Waals surface area contributed by atoms with Gasteiger partial charge in [0.1, 0.15) is 0 Å². The minimum absolute atomic E-state index is 0.187. The van der Waals surface area contributed by atoms with Crippen LogP contribution in [0.5, 0.6) is 0 Å². The lowest BCUT2D eigenvalue weighted by Gasteiger charge is -2.07. The monoisotopic (exact) mass is 354 g/mol. The second kappa shape index (κ2) is 14.6. The molecule has 0 bridgehead atoms. The van der Waals surface area contributed by atoms with Crippen molar-refractivity contribution in [3.05, 3.63) is 0 Å². The fourth-order valence-electron chi connectivity index (χ4n) is 3.19. The van der Waals surface area contributed by atoms with E-state index in [0.717, 1.165) is 6.42 Å². The molecule has 25 heavy (non-hydrogen) atoms. The van der Waals surface area contributed by atoms with Crippen molar-refractivity contribution in [1.29, 1.82) is 0 Å². The molecule has 1 saturated heterocycles.